The van der Waals surface area contributed by atoms with E-state index < -0.39 is 0 Å². The number of aryl methyl sites for hydroxylation is 2. The van der Waals surface area contributed by atoms with Crippen LogP contribution < -0.4 is 4.74 Å². The second-order valence-corrected chi connectivity index (χ2v) is 7.21. The molecule has 0 bridgehead atoms. The minimum absolute atomic E-state index is 0.0377. The number of pyridine rings is 1. The Morgan fingerprint density at radius 3 is 2.67 bits per heavy atom. The molecule has 5 heteroatoms. The van der Waals surface area contributed by atoms with E-state index in [0.29, 0.717) is 11.7 Å². The number of benzene rings is 1. The molecule has 1 aliphatic rings. The molecule has 0 aliphatic carbocycles. The van der Waals surface area contributed by atoms with Crippen LogP contribution in [0.3, 0.4) is 0 Å². The highest BCUT2D eigenvalue weighted by molar-refractivity contribution is 5.78. The molecule has 2 heterocycles. The molecule has 27 heavy (non-hydrogen) atoms. The van der Waals surface area contributed by atoms with E-state index in [-0.39, 0.29) is 19.1 Å². The number of amides is 1. The predicted molar refractivity (Wildman–Crippen MR) is 105 cm³/mol. The topological polar surface area (TPSA) is 62.7 Å². The Hall–Kier alpha value is -2.40. The first-order chi connectivity index (χ1) is 13.1. The number of likely N-dealkylation sites (tertiary alicyclic amines) is 1. The van der Waals surface area contributed by atoms with Crippen molar-refractivity contribution in [3.8, 4) is 5.75 Å². The van der Waals surface area contributed by atoms with Crippen molar-refractivity contribution < 1.29 is 14.6 Å². The molecule has 1 amide bonds. The molecule has 1 N–H and O–H groups in total. The van der Waals surface area contributed by atoms with Gasteiger partial charge in [-0.2, -0.15) is 0 Å². The van der Waals surface area contributed by atoms with Crippen molar-refractivity contribution >= 4 is 5.91 Å². The maximum Gasteiger partial charge on any atom is 0.260 e. The van der Waals surface area contributed by atoms with Crippen molar-refractivity contribution in [3.63, 3.8) is 0 Å². The van der Waals surface area contributed by atoms with Crippen LogP contribution in [0.15, 0.2) is 36.4 Å². The minimum atomic E-state index is 0.0377. The molecule has 1 saturated heterocycles. The van der Waals surface area contributed by atoms with Gasteiger partial charge in [0.15, 0.2) is 6.61 Å². The molecule has 0 saturated carbocycles. The van der Waals surface area contributed by atoms with E-state index in [1.165, 1.54) is 5.56 Å². The third-order valence-corrected chi connectivity index (χ3v) is 5.13. The van der Waals surface area contributed by atoms with E-state index in [1.807, 2.05) is 43.0 Å². The quantitative estimate of drug-likeness (QED) is 0.816. The molecule has 1 aromatic carbocycles. The van der Waals surface area contributed by atoms with Gasteiger partial charge in [-0.1, -0.05) is 31.2 Å². The van der Waals surface area contributed by atoms with Gasteiger partial charge in [0.1, 0.15) is 5.75 Å². The lowest BCUT2D eigenvalue weighted by Crippen LogP contribution is -2.33. The Morgan fingerprint density at radius 2 is 1.96 bits per heavy atom. The molecule has 3 rings (SSSR count). The molecule has 1 fully saturated rings. The first-order valence-corrected chi connectivity index (χ1v) is 9.64. The maximum absolute atomic E-state index is 12.5. The molecule has 5 nitrogen and oxygen atoms in total. The molecule has 1 atom stereocenters. The van der Waals surface area contributed by atoms with Crippen molar-refractivity contribution in [3.05, 3.63) is 58.9 Å². The van der Waals surface area contributed by atoms with Crippen LogP contribution in [0, 0.1) is 12.8 Å². The van der Waals surface area contributed by atoms with E-state index in [0.717, 1.165) is 49.3 Å². The lowest BCUT2D eigenvalue weighted by molar-refractivity contribution is -0.132. The van der Waals surface area contributed by atoms with E-state index in [4.69, 9.17) is 9.84 Å². The molecular weight excluding hydrogens is 340 g/mol. The Kier molecular flexibility index (Phi) is 6.45. The molecule has 1 aromatic heterocycles. The van der Waals surface area contributed by atoms with E-state index in [2.05, 4.69) is 17.1 Å². The monoisotopic (exact) mass is 368 g/mol. The Balaban J connectivity index is 1.50. The number of carbonyl (C=O) groups excluding carboxylic acids is 1. The van der Waals surface area contributed by atoms with E-state index in [9.17, 15) is 4.79 Å². The summed E-state index contributed by atoms with van der Waals surface area (Å²) in [6, 6.07) is 11.9. The van der Waals surface area contributed by atoms with Gasteiger partial charge in [-0.05, 0) is 55.4 Å². The molecular formula is C22H28N2O3. The normalized spacial score (nSPS) is 16.6. The summed E-state index contributed by atoms with van der Waals surface area (Å²) < 4.78 is 5.76. The molecule has 0 spiro atoms. The summed E-state index contributed by atoms with van der Waals surface area (Å²) >= 11 is 0. The SMILES string of the molecule is CCc1nc(C)ccc1OCC(=O)N1CC[C@H](Cc2ccc(CO)cc2)C1. The number of aliphatic hydroxyl groups excluding tert-OH is 1. The van der Waals surface area contributed by atoms with Gasteiger partial charge in [-0.25, -0.2) is 0 Å². The third-order valence-electron chi connectivity index (χ3n) is 5.13. The largest absolute Gasteiger partial charge is 0.482 e. The maximum atomic E-state index is 12.5. The van der Waals surface area contributed by atoms with Gasteiger partial charge in [0.2, 0.25) is 0 Å². The third kappa shape index (κ3) is 5.07. The summed E-state index contributed by atoms with van der Waals surface area (Å²) in [5.74, 6) is 1.22. The van der Waals surface area contributed by atoms with Gasteiger partial charge in [0.05, 0.1) is 12.3 Å². The zero-order valence-corrected chi connectivity index (χ0v) is 16.1. The minimum Gasteiger partial charge on any atom is -0.482 e. The van der Waals surface area contributed by atoms with Crippen LogP contribution in [-0.2, 0) is 24.2 Å². The zero-order chi connectivity index (χ0) is 19.2. The van der Waals surface area contributed by atoms with Gasteiger partial charge < -0.3 is 14.7 Å². The van der Waals surface area contributed by atoms with Crippen LogP contribution in [0.5, 0.6) is 5.75 Å². The van der Waals surface area contributed by atoms with Crippen molar-refractivity contribution in [1.82, 2.24) is 9.88 Å². The zero-order valence-electron chi connectivity index (χ0n) is 16.1. The van der Waals surface area contributed by atoms with Crippen molar-refractivity contribution in [2.24, 2.45) is 5.92 Å². The molecule has 0 radical (unpaired) electrons. The first kappa shape index (κ1) is 19.4. The smallest absolute Gasteiger partial charge is 0.260 e. The van der Waals surface area contributed by atoms with E-state index >= 15 is 0 Å². The lowest BCUT2D eigenvalue weighted by atomic mass is 9.98. The van der Waals surface area contributed by atoms with Crippen LogP contribution >= 0.6 is 0 Å². The average Bonchev–Trinajstić information content (AvgIpc) is 3.16. The van der Waals surface area contributed by atoms with Crippen LogP contribution in [0.4, 0.5) is 0 Å². The number of aromatic nitrogens is 1. The highest BCUT2D eigenvalue weighted by atomic mass is 16.5. The summed E-state index contributed by atoms with van der Waals surface area (Å²) in [5, 5.41) is 9.13. The van der Waals surface area contributed by atoms with E-state index in [1.54, 1.807) is 0 Å². The summed E-state index contributed by atoms with van der Waals surface area (Å²) in [6.07, 6.45) is 2.75. The van der Waals surface area contributed by atoms with Gasteiger partial charge >= 0.3 is 0 Å². The fraction of sp³-hybridized carbons (Fsp3) is 0.455. The summed E-state index contributed by atoms with van der Waals surface area (Å²) in [7, 11) is 0. The molecule has 1 aliphatic heterocycles. The van der Waals surface area contributed by atoms with Crippen LogP contribution in [-0.4, -0.2) is 40.6 Å². The predicted octanol–water partition coefficient (Wildman–Crippen LogP) is 2.91. The second kappa shape index (κ2) is 9.00. The second-order valence-electron chi connectivity index (χ2n) is 7.21. The highest BCUT2D eigenvalue weighted by Gasteiger charge is 2.26. The number of nitrogens with zero attached hydrogens (tertiary/aromatic N) is 2. The van der Waals surface area contributed by atoms with Gasteiger partial charge in [-0.3, -0.25) is 9.78 Å². The Labute approximate surface area is 161 Å². The standard InChI is InChI=1S/C22H28N2O3/c1-3-20-21(9-4-16(2)23-20)27-15-22(26)24-11-10-19(13-24)12-17-5-7-18(14-25)8-6-17/h4-9,19,25H,3,10-15H2,1-2H3/t19-/m1/s1. The molecule has 0 unspecified atom stereocenters. The van der Waals surface area contributed by atoms with Gasteiger partial charge in [0.25, 0.3) is 5.91 Å². The molecule has 2 aromatic rings. The number of aliphatic hydroxyl groups is 1. The van der Waals surface area contributed by atoms with Crippen LogP contribution in [0.1, 0.15) is 35.9 Å². The summed E-state index contributed by atoms with van der Waals surface area (Å²) in [5.41, 5.74) is 4.03. The van der Waals surface area contributed by atoms with Crippen LogP contribution in [0.25, 0.3) is 0 Å². The number of carbonyl (C=O) groups is 1. The number of ether oxygens (including phenoxy) is 1. The van der Waals surface area contributed by atoms with Gasteiger partial charge in [-0.15, -0.1) is 0 Å². The summed E-state index contributed by atoms with van der Waals surface area (Å²) in [4.78, 5) is 18.9. The van der Waals surface area contributed by atoms with Crippen LogP contribution in [0.2, 0.25) is 0 Å². The summed E-state index contributed by atoms with van der Waals surface area (Å²) in [6.45, 7) is 5.69. The van der Waals surface area contributed by atoms with Crippen molar-refractivity contribution in [2.45, 2.75) is 39.7 Å². The Bertz CT molecular complexity index is 774. The number of rotatable bonds is 7. The average molecular weight is 368 g/mol. The number of hydrogen-bond donors (Lipinski definition) is 1. The van der Waals surface area contributed by atoms with Gasteiger partial charge in [0, 0.05) is 18.8 Å². The van der Waals surface area contributed by atoms with Crippen molar-refractivity contribution in [2.75, 3.05) is 19.7 Å². The number of hydrogen-bond acceptors (Lipinski definition) is 4. The highest BCUT2D eigenvalue weighted by Crippen LogP contribution is 2.22. The lowest BCUT2D eigenvalue weighted by Gasteiger charge is -2.18. The van der Waals surface area contributed by atoms with Crippen molar-refractivity contribution in [1.29, 1.82) is 0 Å². The Morgan fingerprint density at radius 1 is 1.22 bits per heavy atom. The fourth-order valence-electron chi connectivity index (χ4n) is 3.55. The fourth-order valence-corrected chi connectivity index (χ4v) is 3.55. The first-order valence-electron chi connectivity index (χ1n) is 9.64. The molecule has 144 valence electrons.